The molecule has 0 saturated heterocycles. The van der Waals surface area contributed by atoms with Crippen molar-refractivity contribution in [2.45, 2.75) is 97.8 Å². The van der Waals surface area contributed by atoms with Crippen LogP contribution in [0, 0.1) is 23.2 Å². The zero-order valence-electron chi connectivity index (χ0n) is 23.8. The molecule has 0 spiro atoms. The third kappa shape index (κ3) is 8.83. The summed E-state index contributed by atoms with van der Waals surface area (Å²) in [7, 11) is 0. The molecular weight excluding hydrogens is 454 g/mol. The van der Waals surface area contributed by atoms with E-state index in [2.05, 4.69) is 64.2 Å². The number of hydrogen-bond acceptors (Lipinski definition) is 2. The van der Waals surface area contributed by atoms with Crippen LogP contribution in [-0.2, 0) is 9.59 Å². The molecule has 1 fully saturated rings. The van der Waals surface area contributed by atoms with E-state index in [1.165, 1.54) is 25.7 Å². The molecule has 3 nitrogen and oxygen atoms in total. The van der Waals surface area contributed by atoms with Crippen LogP contribution in [-0.4, -0.2) is 18.2 Å². The molecule has 0 aromatic heterocycles. The first kappa shape index (κ1) is 29.1. The van der Waals surface area contributed by atoms with Crippen molar-refractivity contribution in [2.24, 2.45) is 23.2 Å². The van der Waals surface area contributed by atoms with Gasteiger partial charge in [0.1, 0.15) is 5.78 Å². The fourth-order valence-corrected chi connectivity index (χ4v) is 6.34. The van der Waals surface area contributed by atoms with Gasteiger partial charge in [0.15, 0.2) is 0 Å². The largest absolute Gasteiger partial charge is 0.356 e. The Balaban J connectivity index is 1.37. The molecule has 2 aromatic rings. The summed E-state index contributed by atoms with van der Waals surface area (Å²) in [6.07, 6.45) is 8.92. The zero-order valence-corrected chi connectivity index (χ0v) is 23.8. The van der Waals surface area contributed by atoms with Gasteiger partial charge >= 0.3 is 0 Å². The van der Waals surface area contributed by atoms with E-state index >= 15 is 0 Å². The Labute approximate surface area is 225 Å². The second-order valence-electron chi connectivity index (χ2n) is 12.7. The molecular formula is C34H49NO2. The normalized spacial score (nSPS) is 19.8. The van der Waals surface area contributed by atoms with Crippen LogP contribution >= 0.6 is 0 Å². The second kappa shape index (κ2) is 13.9. The fraction of sp³-hybridized carbons (Fsp3) is 0.588. The molecule has 1 aliphatic rings. The van der Waals surface area contributed by atoms with Crippen molar-refractivity contribution in [3.8, 4) is 0 Å². The number of benzene rings is 2. The van der Waals surface area contributed by atoms with E-state index in [1.807, 2.05) is 36.4 Å². The molecule has 2 atom stereocenters. The van der Waals surface area contributed by atoms with Crippen LogP contribution in [0.15, 0.2) is 60.7 Å². The molecule has 3 heteroatoms. The van der Waals surface area contributed by atoms with Gasteiger partial charge in [0, 0.05) is 18.9 Å². The lowest BCUT2D eigenvalue weighted by molar-refractivity contribution is -0.124. The third-order valence-corrected chi connectivity index (χ3v) is 8.28. The lowest BCUT2D eigenvalue weighted by atomic mass is 9.72. The van der Waals surface area contributed by atoms with Gasteiger partial charge in [0.05, 0.1) is 5.92 Å². The Kier molecular flexibility index (Phi) is 11.0. The van der Waals surface area contributed by atoms with Gasteiger partial charge in [-0.15, -0.1) is 0 Å². The van der Waals surface area contributed by atoms with Crippen molar-refractivity contribution in [1.29, 1.82) is 0 Å². The molecule has 2 aromatic carbocycles. The molecule has 1 amide bonds. The molecule has 37 heavy (non-hydrogen) atoms. The van der Waals surface area contributed by atoms with Crippen LogP contribution in [0.4, 0.5) is 0 Å². The Morgan fingerprint density at radius 1 is 0.811 bits per heavy atom. The number of carbonyl (C=O) groups is 2. The highest BCUT2D eigenvalue weighted by molar-refractivity contribution is 5.86. The number of amides is 1. The van der Waals surface area contributed by atoms with Crippen molar-refractivity contribution in [3.63, 3.8) is 0 Å². The fourth-order valence-electron chi connectivity index (χ4n) is 6.34. The monoisotopic (exact) mass is 503 g/mol. The standard InChI is InChI=1S/C34H49NO2/c1-25(2)31(28-14-8-6-9-15-28)33(37)35-24-23-27-21-19-26(20-22-27)13-12-18-30(36)32(34(3,4)5)29-16-10-7-11-17-29/h6-11,14-17,25-27,31-32H,12-13,18-24H2,1-5H3,(H,35,37). The SMILES string of the molecule is CC(C)C(C(=O)NCCC1CCC(CCCC(=O)C(c2ccccc2)C(C)(C)C)CC1)c1ccccc1. The van der Waals surface area contributed by atoms with Crippen LogP contribution in [0.3, 0.4) is 0 Å². The van der Waals surface area contributed by atoms with Crippen molar-refractivity contribution in [3.05, 3.63) is 71.8 Å². The smallest absolute Gasteiger partial charge is 0.227 e. The van der Waals surface area contributed by atoms with Crippen molar-refractivity contribution in [2.75, 3.05) is 6.54 Å². The molecule has 2 unspecified atom stereocenters. The summed E-state index contributed by atoms with van der Waals surface area (Å²) >= 11 is 0. The number of rotatable bonds is 12. The maximum Gasteiger partial charge on any atom is 0.227 e. The summed E-state index contributed by atoms with van der Waals surface area (Å²) < 4.78 is 0. The summed E-state index contributed by atoms with van der Waals surface area (Å²) in [4.78, 5) is 26.1. The van der Waals surface area contributed by atoms with E-state index in [0.29, 0.717) is 18.1 Å². The average molecular weight is 504 g/mol. The molecule has 0 bridgehead atoms. The predicted molar refractivity (Wildman–Crippen MR) is 155 cm³/mol. The van der Waals surface area contributed by atoms with Crippen molar-refractivity contribution in [1.82, 2.24) is 5.32 Å². The van der Waals surface area contributed by atoms with Crippen molar-refractivity contribution >= 4 is 11.7 Å². The number of nitrogens with one attached hydrogen (secondary N) is 1. The molecule has 0 radical (unpaired) electrons. The van der Waals surface area contributed by atoms with E-state index in [0.717, 1.165) is 42.9 Å². The van der Waals surface area contributed by atoms with Crippen molar-refractivity contribution < 1.29 is 9.59 Å². The quantitative estimate of drug-likeness (QED) is 0.316. The van der Waals surface area contributed by atoms with Crippen LogP contribution in [0.2, 0.25) is 0 Å². The van der Waals surface area contributed by atoms with E-state index in [4.69, 9.17) is 0 Å². The van der Waals surface area contributed by atoms with Crippen LogP contribution < -0.4 is 5.32 Å². The Bertz CT molecular complexity index is 952. The maximum absolute atomic E-state index is 13.2. The first-order chi connectivity index (χ1) is 17.7. The van der Waals surface area contributed by atoms with Gasteiger partial charge < -0.3 is 5.32 Å². The second-order valence-corrected chi connectivity index (χ2v) is 12.7. The summed E-state index contributed by atoms with van der Waals surface area (Å²) in [5, 5.41) is 3.23. The Morgan fingerprint density at radius 2 is 1.32 bits per heavy atom. The topological polar surface area (TPSA) is 46.2 Å². The van der Waals surface area contributed by atoms with E-state index in [-0.39, 0.29) is 29.1 Å². The minimum Gasteiger partial charge on any atom is -0.356 e. The van der Waals surface area contributed by atoms with Crippen LogP contribution in [0.1, 0.15) is 109 Å². The minimum absolute atomic E-state index is 0.0307. The molecule has 0 heterocycles. The first-order valence-electron chi connectivity index (χ1n) is 14.6. The summed E-state index contributed by atoms with van der Waals surface area (Å²) in [6.45, 7) is 11.5. The number of hydrogen-bond donors (Lipinski definition) is 1. The summed E-state index contributed by atoms with van der Waals surface area (Å²) in [5.74, 6) is 2.15. The molecule has 202 valence electrons. The van der Waals surface area contributed by atoms with Gasteiger partial charge in [-0.25, -0.2) is 0 Å². The van der Waals surface area contributed by atoms with E-state index in [9.17, 15) is 9.59 Å². The highest BCUT2D eigenvalue weighted by atomic mass is 16.2. The zero-order chi connectivity index (χ0) is 26.8. The molecule has 1 saturated carbocycles. The number of ketones is 1. The number of Topliss-reactive ketones (excluding diaryl/α,β-unsaturated/α-hetero) is 1. The lowest BCUT2D eigenvalue weighted by Gasteiger charge is -2.31. The first-order valence-corrected chi connectivity index (χ1v) is 14.6. The third-order valence-electron chi connectivity index (χ3n) is 8.28. The Hall–Kier alpha value is -2.42. The maximum atomic E-state index is 13.2. The molecule has 0 aliphatic heterocycles. The highest BCUT2D eigenvalue weighted by Crippen LogP contribution is 2.38. The average Bonchev–Trinajstić information content (AvgIpc) is 2.85. The lowest BCUT2D eigenvalue weighted by Crippen LogP contribution is -2.33. The minimum atomic E-state index is -0.0839. The number of carbonyl (C=O) groups excluding carboxylic acids is 2. The molecule has 1 aliphatic carbocycles. The van der Waals surface area contributed by atoms with E-state index < -0.39 is 0 Å². The molecule has 3 rings (SSSR count). The van der Waals surface area contributed by atoms with Gasteiger partial charge in [-0.05, 0) is 47.1 Å². The Morgan fingerprint density at radius 3 is 1.84 bits per heavy atom. The van der Waals surface area contributed by atoms with Gasteiger partial charge in [0.25, 0.3) is 0 Å². The summed E-state index contributed by atoms with van der Waals surface area (Å²) in [6, 6.07) is 20.4. The van der Waals surface area contributed by atoms with Gasteiger partial charge in [0.2, 0.25) is 5.91 Å². The van der Waals surface area contributed by atoms with Crippen LogP contribution in [0.5, 0.6) is 0 Å². The van der Waals surface area contributed by atoms with Crippen LogP contribution in [0.25, 0.3) is 0 Å². The van der Waals surface area contributed by atoms with Gasteiger partial charge in [-0.3, -0.25) is 9.59 Å². The summed E-state index contributed by atoms with van der Waals surface area (Å²) in [5.41, 5.74) is 2.19. The van der Waals surface area contributed by atoms with E-state index in [1.54, 1.807) is 0 Å². The highest BCUT2D eigenvalue weighted by Gasteiger charge is 2.32. The van der Waals surface area contributed by atoms with Gasteiger partial charge in [-0.2, -0.15) is 0 Å². The predicted octanol–water partition coefficient (Wildman–Crippen LogP) is 8.31. The molecule has 1 N–H and O–H groups in total. The van der Waals surface area contributed by atoms with Gasteiger partial charge in [-0.1, -0.05) is 127 Å².